The lowest BCUT2D eigenvalue weighted by Gasteiger charge is -2.20. The van der Waals surface area contributed by atoms with Crippen LogP contribution in [-0.4, -0.2) is 28.4 Å². The minimum Gasteiger partial charge on any atom is -0.508 e. The maximum atomic E-state index is 12.9. The predicted molar refractivity (Wildman–Crippen MR) is 118 cm³/mol. The van der Waals surface area contributed by atoms with Crippen molar-refractivity contribution < 1.29 is 29.3 Å². The summed E-state index contributed by atoms with van der Waals surface area (Å²) < 4.78 is 10.9. The maximum absolute atomic E-state index is 12.9. The number of phenolic OH excluding ortho intramolecular Hbond substituents is 3. The fraction of sp³-hybridized carbons (Fsp3) is 0.120. The van der Waals surface area contributed by atoms with Crippen molar-refractivity contribution in [2.45, 2.75) is 12.3 Å². The molecule has 0 fully saturated rings. The fourth-order valence-corrected chi connectivity index (χ4v) is 3.78. The van der Waals surface area contributed by atoms with Gasteiger partial charge in [0.15, 0.2) is 5.43 Å². The minimum absolute atomic E-state index is 0.0358. The minimum atomic E-state index is -0.827. The third kappa shape index (κ3) is 3.88. The molecule has 4 aromatic rings. The fourth-order valence-electron chi connectivity index (χ4n) is 3.78. The summed E-state index contributed by atoms with van der Waals surface area (Å²) in [6, 6.07) is 17.4. The first kappa shape index (κ1) is 21.0. The van der Waals surface area contributed by atoms with E-state index in [9.17, 15) is 24.9 Å². The standard InChI is InChI=1S/C25H20O7/c1-31-22(30)11-17(15-8-5-9-16(26)10-15)23-18(27)12-19(28)24-20(29)13-21(32-25(23)24)14-6-3-2-4-7-14/h2-10,12-13,17,26-28H,11H2,1H3. The number of hydrogen-bond donors (Lipinski definition) is 3. The Bertz CT molecular complexity index is 1360. The lowest BCUT2D eigenvalue weighted by Crippen LogP contribution is -2.12. The van der Waals surface area contributed by atoms with E-state index in [4.69, 9.17) is 9.15 Å². The number of carbonyl (C=O) groups is 1. The number of aromatic hydroxyl groups is 3. The summed E-state index contributed by atoms with van der Waals surface area (Å²) in [4.78, 5) is 25.1. The zero-order valence-corrected chi connectivity index (χ0v) is 17.1. The molecule has 0 spiro atoms. The highest BCUT2D eigenvalue weighted by Gasteiger charge is 2.28. The van der Waals surface area contributed by atoms with Crippen LogP contribution < -0.4 is 5.43 Å². The number of carbonyl (C=O) groups excluding carboxylic acids is 1. The van der Waals surface area contributed by atoms with Crippen molar-refractivity contribution in [3.8, 4) is 28.6 Å². The van der Waals surface area contributed by atoms with Crippen molar-refractivity contribution >= 4 is 16.9 Å². The van der Waals surface area contributed by atoms with Crippen LogP contribution in [0.2, 0.25) is 0 Å². The number of fused-ring (bicyclic) bond motifs is 1. The summed E-state index contributed by atoms with van der Waals surface area (Å²) in [6.45, 7) is 0. The Labute approximate surface area is 182 Å². The SMILES string of the molecule is COC(=O)CC(c1cccc(O)c1)c1c(O)cc(O)c2c(=O)cc(-c3ccccc3)oc12. The van der Waals surface area contributed by atoms with E-state index in [1.165, 1.54) is 25.3 Å². The van der Waals surface area contributed by atoms with Gasteiger partial charge in [-0.2, -0.15) is 0 Å². The molecule has 0 saturated carbocycles. The Balaban J connectivity index is 2.05. The third-order valence-corrected chi connectivity index (χ3v) is 5.28. The Kier molecular flexibility index (Phi) is 5.55. The van der Waals surface area contributed by atoms with Gasteiger partial charge in [-0.25, -0.2) is 0 Å². The van der Waals surface area contributed by atoms with Gasteiger partial charge in [0.05, 0.1) is 13.5 Å². The molecule has 162 valence electrons. The van der Waals surface area contributed by atoms with Crippen LogP contribution in [0.4, 0.5) is 0 Å². The highest BCUT2D eigenvalue weighted by molar-refractivity contribution is 5.90. The largest absolute Gasteiger partial charge is 0.508 e. The summed E-state index contributed by atoms with van der Waals surface area (Å²) in [6.07, 6.45) is -0.202. The van der Waals surface area contributed by atoms with Gasteiger partial charge in [-0.15, -0.1) is 0 Å². The van der Waals surface area contributed by atoms with Crippen LogP contribution in [-0.2, 0) is 9.53 Å². The molecule has 32 heavy (non-hydrogen) atoms. The molecule has 0 bridgehead atoms. The molecule has 7 nitrogen and oxygen atoms in total. The highest BCUT2D eigenvalue weighted by atomic mass is 16.5. The van der Waals surface area contributed by atoms with Gasteiger partial charge in [0, 0.05) is 29.2 Å². The molecule has 1 atom stereocenters. The molecular weight excluding hydrogens is 412 g/mol. The zero-order valence-electron chi connectivity index (χ0n) is 17.1. The van der Waals surface area contributed by atoms with Crippen molar-refractivity contribution in [3.05, 3.63) is 88.1 Å². The zero-order chi connectivity index (χ0) is 22.8. The van der Waals surface area contributed by atoms with Crippen molar-refractivity contribution in [1.29, 1.82) is 0 Å². The van der Waals surface area contributed by atoms with Crippen LogP contribution >= 0.6 is 0 Å². The Hall–Kier alpha value is -4.26. The van der Waals surface area contributed by atoms with Crippen molar-refractivity contribution in [3.63, 3.8) is 0 Å². The van der Waals surface area contributed by atoms with Crippen LogP contribution in [0.15, 0.2) is 75.9 Å². The Morgan fingerprint density at radius 2 is 1.72 bits per heavy atom. The lowest BCUT2D eigenvalue weighted by molar-refractivity contribution is -0.140. The molecule has 7 heteroatoms. The molecule has 1 unspecified atom stereocenters. The van der Waals surface area contributed by atoms with Crippen LogP contribution in [0.1, 0.15) is 23.5 Å². The van der Waals surface area contributed by atoms with E-state index in [0.717, 1.165) is 6.07 Å². The molecule has 0 aliphatic rings. The molecule has 3 N–H and O–H groups in total. The Morgan fingerprint density at radius 1 is 0.969 bits per heavy atom. The molecule has 1 aromatic heterocycles. The molecular formula is C25H20O7. The Morgan fingerprint density at radius 3 is 2.41 bits per heavy atom. The van der Waals surface area contributed by atoms with Crippen LogP contribution in [0.25, 0.3) is 22.3 Å². The summed E-state index contributed by atoms with van der Waals surface area (Å²) >= 11 is 0. The molecule has 4 rings (SSSR count). The van der Waals surface area contributed by atoms with E-state index in [1.807, 2.05) is 6.07 Å². The topological polar surface area (TPSA) is 117 Å². The van der Waals surface area contributed by atoms with Crippen LogP contribution in [0.3, 0.4) is 0 Å². The van der Waals surface area contributed by atoms with Gasteiger partial charge < -0.3 is 24.5 Å². The van der Waals surface area contributed by atoms with E-state index in [-0.39, 0.29) is 40.2 Å². The summed E-state index contributed by atoms with van der Waals surface area (Å²) in [5.74, 6) is -2.00. The number of methoxy groups -OCH3 is 1. The van der Waals surface area contributed by atoms with Gasteiger partial charge in [-0.1, -0.05) is 42.5 Å². The van der Waals surface area contributed by atoms with E-state index < -0.39 is 23.1 Å². The number of ether oxygens (including phenoxy) is 1. The molecule has 1 heterocycles. The first-order valence-electron chi connectivity index (χ1n) is 9.83. The van der Waals surface area contributed by atoms with Crippen LogP contribution in [0.5, 0.6) is 17.2 Å². The van der Waals surface area contributed by atoms with Gasteiger partial charge in [-0.3, -0.25) is 9.59 Å². The highest BCUT2D eigenvalue weighted by Crippen LogP contribution is 2.43. The predicted octanol–water partition coefficient (Wildman–Crippen LogP) is 4.27. The number of rotatable bonds is 5. The quantitative estimate of drug-likeness (QED) is 0.403. The summed E-state index contributed by atoms with van der Waals surface area (Å²) in [5, 5.41) is 31.0. The molecule has 0 saturated heterocycles. The van der Waals surface area contributed by atoms with Gasteiger partial charge in [-0.05, 0) is 17.7 Å². The van der Waals surface area contributed by atoms with Gasteiger partial charge in [0.1, 0.15) is 34.0 Å². The van der Waals surface area contributed by atoms with E-state index in [0.29, 0.717) is 11.1 Å². The summed E-state index contributed by atoms with van der Waals surface area (Å²) in [5.41, 5.74) is 0.693. The number of hydrogen-bond acceptors (Lipinski definition) is 7. The number of phenols is 3. The number of esters is 1. The van der Waals surface area contributed by atoms with Gasteiger partial charge in [0.2, 0.25) is 0 Å². The van der Waals surface area contributed by atoms with E-state index >= 15 is 0 Å². The molecule has 0 aliphatic heterocycles. The van der Waals surface area contributed by atoms with Crippen molar-refractivity contribution in [1.82, 2.24) is 0 Å². The molecule has 0 aliphatic carbocycles. The normalized spacial score (nSPS) is 11.9. The summed E-state index contributed by atoms with van der Waals surface area (Å²) in [7, 11) is 1.24. The average Bonchev–Trinajstić information content (AvgIpc) is 2.78. The van der Waals surface area contributed by atoms with E-state index in [2.05, 4.69) is 0 Å². The van der Waals surface area contributed by atoms with E-state index in [1.54, 1.807) is 36.4 Å². The smallest absolute Gasteiger partial charge is 0.306 e. The number of benzene rings is 3. The first-order chi connectivity index (χ1) is 15.4. The van der Waals surface area contributed by atoms with Gasteiger partial charge >= 0.3 is 5.97 Å². The second-order valence-corrected chi connectivity index (χ2v) is 7.30. The molecule has 0 amide bonds. The average molecular weight is 432 g/mol. The third-order valence-electron chi connectivity index (χ3n) is 5.28. The van der Waals surface area contributed by atoms with Gasteiger partial charge in [0.25, 0.3) is 0 Å². The van der Waals surface area contributed by atoms with Crippen molar-refractivity contribution in [2.24, 2.45) is 0 Å². The first-order valence-corrected chi connectivity index (χ1v) is 9.83. The second kappa shape index (κ2) is 8.47. The maximum Gasteiger partial charge on any atom is 0.306 e. The lowest BCUT2D eigenvalue weighted by atomic mass is 9.86. The van der Waals surface area contributed by atoms with Crippen LogP contribution in [0, 0.1) is 0 Å². The van der Waals surface area contributed by atoms with Crippen molar-refractivity contribution in [2.75, 3.05) is 7.11 Å². The molecule has 3 aromatic carbocycles. The second-order valence-electron chi connectivity index (χ2n) is 7.30. The molecule has 0 radical (unpaired) electrons. The monoisotopic (exact) mass is 432 g/mol.